The molecule has 6 heteroatoms. The van der Waals surface area contributed by atoms with Crippen molar-refractivity contribution in [2.24, 2.45) is 5.73 Å². The number of benzene rings is 1. The van der Waals surface area contributed by atoms with Crippen molar-refractivity contribution in [1.29, 1.82) is 0 Å². The predicted molar refractivity (Wildman–Crippen MR) is 97.0 cm³/mol. The van der Waals surface area contributed by atoms with Crippen LogP contribution in [0.4, 0.5) is 0 Å². The van der Waals surface area contributed by atoms with Crippen LogP contribution in [0.2, 0.25) is 0 Å². The molecule has 0 amide bonds. The molecule has 1 aliphatic heterocycles. The van der Waals surface area contributed by atoms with Crippen LogP contribution in [-0.4, -0.2) is 42.7 Å². The summed E-state index contributed by atoms with van der Waals surface area (Å²) in [7, 11) is 0. The van der Waals surface area contributed by atoms with Crippen LogP contribution < -0.4 is 15.2 Å². The van der Waals surface area contributed by atoms with Gasteiger partial charge in [0.2, 0.25) is 0 Å². The molecule has 22 heavy (non-hydrogen) atoms. The number of hydrogen-bond donors (Lipinski definition) is 1. The van der Waals surface area contributed by atoms with E-state index in [9.17, 15) is 0 Å². The maximum atomic E-state index is 5.96. The molecule has 122 valence electrons. The third kappa shape index (κ3) is 4.83. The van der Waals surface area contributed by atoms with E-state index in [2.05, 4.69) is 20.8 Å². The standard InChI is InChI=1S/C16H23BrN2O2S/c1-2-20-14-11-12(16(18)22)10-13(17)15(14)21-9-8-19-6-4-3-5-7-19/h10-11H,2-9H2,1H3,(H2,18,22). The Morgan fingerprint density at radius 2 is 2.00 bits per heavy atom. The number of rotatable bonds is 7. The zero-order valence-electron chi connectivity index (χ0n) is 12.9. The van der Waals surface area contributed by atoms with Crippen molar-refractivity contribution < 1.29 is 9.47 Å². The van der Waals surface area contributed by atoms with Crippen molar-refractivity contribution >= 4 is 33.1 Å². The lowest BCUT2D eigenvalue weighted by Gasteiger charge is -2.26. The lowest BCUT2D eigenvalue weighted by Crippen LogP contribution is -2.33. The van der Waals surface area contributed by atoms with Gasteiger partial charge in [-0.05, 0) is 60.9 Å². The maximum absolute atomic E-state index is 5.96. The van der Waals surface area contributed by atoms with Crippen molar-refractivity contribution in [3.63, 3.8) is 0 Å². The Hall–Kier alpha value is -0.850. The van der Waals surface area contributed by atoms with Crippen LogP contribution in [0.1, 0.15) is 31.7 Å². The number of likely N-dealkylation sites (tertiary alicyclic amines) is 1. The molecule has 0 radical (unpaired) electrons. The predicted octanol–water partition coefficient (Wildman–Crippen LogP) is 3.35. The Labute approximate surface area is 146 Å². The van der Waals surface area contributed by atoms with E-state index in [0.717, 1.165) is 22.3 Å². The summed E-state index contributed by atoms with van der Waals surface area (Å²) in [4.78, 5) is 2.79. The van der Waals surface area contributed by atoms with Gasteiger partial charge in [0.15, 0.2) is 11.5 Å². The molecule has 1 aromatic rings. The summed E-state index contributed by atoms with van der Waals surface area (Å²) in [6.45, 7) is 6.43. The molecule has 0 unspecified atom stereocenters. The zero-order chi connectivity index (χ0) is 15.9. The number of thiocarbonyl (C=S) groups is 1. The second kappa shape index (κ2) is 8.70. The fraction of sp³-hybridized carbons (Fsp3) is 0.562. The van der Waals surface area contributed by atoms with Crippen LogP contribution in [0.5, 0.6) is 11.5 Å². The van der Waals surface area contributed by atoms with Gasteiger partial charge in [0.25, 0.3) is 0 Å². The first kappa shape index (κ1) is 17.5. The van der Waals surface area contributed by atoms with Crippen LogP contribution in [0.3, 0.4) is 0 Å². The zero-order valence-corrected chi connectivity index (χ0v) is 15.3. The number of nitrogens with two attached hydrogens (primary N) is 1. The summed E-state index contributed by atoms with van der Waals surface area (Å²) in [6, 6.07) is 3.72. The largest absolute Gasteiger partial charge is 0.490 e. The van der Waals surface area contributed by atoms with Gasteiger partial charge in [-0.15, -0.1) is 0 Å². The summed E-state index contributed by atoms with van der Waals surface area (Å²) in [5, 5.41) is 0. The topological polar surface area (TPSA) is 47.7 Å². The second-order valence-electron chi connectivity index (χ2n) is 5.33. The van der Waals surface area contributed by atoms with Gasteiger partial charge < -0.3 is 15.2 Å². The van der Waals surface area contributed by atoms with Gasteiger partial charge in [0.05, 0.1) is 11.1 Å². The number of halogens is 1. The molecular weight excluding hydrogens is 364 g/mol. The van der Waals surface area contributed by atoms with E-state index >= 15 is 0 Å². The average Bonchev–Trinajstić information content (AvgIpc) is 2.50. The highest BCUT2D eigenvalue weighted by Crippen LogP contribution is 2.37. The van der Waals surface area contributed by atoms with E-state index in [1.807, 2.05) is 19.1 Å². The quantitative estimate of drug-likeness (QED) is 0.728. The normalized spacial score (nSPS) is 15.5. The first-order valence-electron chi connectivity index (χ1n) is 7.73. The molecule has 0 spiro atoms. The molecule has 4 nitrogen and oxygen atoms in total. The molecule has 1 saturated heterocycles. The molecule has 0 atom stereocenters. The first-order chi connectivity index (χ1) is 10.6. The van der Waals surface area contributed by atoms with Crippen molar-refractivity contribution in [3.05, 3.63) is 22.2 Å². The Bertz CT molecular complexity index is 519. The minimum atomic E-state index is 0.349. The van der Waals surface area contributed by atoms with Crippen molar-refractivity contribution in [3.8, 4) is 11.5 Å². The first-order valence-corrected chi connectivity index (χ1v) is 8.93. The second-order valence-corrected chi connectivity index (χ2v) is 6.63. The fourth-order valence-electron chi connectivity index (χ4n) is 2.57. The van der Waals surface area contributed by atoms with Crippen molar-refractivity contribution in [2.75, 3.05) is 32.8 Å². The number of nitrogens with zero attached hydrogens (tertiary/aromatic N) is 1. The molecule has 2 rings (SSSR count). The molecule has 1 fully saturated rings. The highest BCUT2D eigenvalue weighted by atomic mass is 79.9. The summed E-state index contributed by atoms with van der Waals surface area (Å²) < 4.78 is 12.4. The Kier molecular flexibility index (Phi) is 6.92. The van der Waals surface area contributed by atoms with Gasteiger partial charge in [0.1, 0.15) is 11.6 Å². The van der Waals surface area contributed by atoms with E-state index < -0.39 is 0 Å². The van der Waals surface area contributed by atoms with E-state index in [-0.39, 0.29) is 0 Å². The number of piperidine rings is 1. The van der Waals surface area contributed by atoms with Gasteiger partial charge >= 0.3 is 0 Å². The average molecular weight is 387 g/mol. The number of hydrogen-bond acceptors (Lipinski definition) is 4. The lowest BCUT2D eigenvalue weighted by molar-refractivity contribution is 0.179. The van der Waals surface area contributed by atoms with Crippen LogP contribution >= 0.6 is 28.1 Å². The minimum Gasteiger partial charge on any atom is -0.490 e. The molecule has 0 bridgehead atoms. The lowest BCUT2D eigenvalue weighted by atomic mass is 10.1. The highest BCUT2D eigenvalue weighted by Gasteiger charge is 2.15. The third-order valence-electron chi connectivity index (χ3n) is 3.70. The van der Waals surface area contributed by atoms with Crippen LogP contribution in [0.25, 0.3) is 0 Å². The molecule has 0 saturated carbocycles. The molecule has 0 aromatic heterocycles. The molecule has 2 N–H and O–H groups in total. The van der Waals surface area contributed by atoms with Gasteiger partial charge in [-0.1, -0.05) is 18.6 Å². The molecule has 1 aromatic carbocycles. The number of ether oxygens (including phenoxy) is 2. The van der Waals surface area contributed by atoms with E-state index in [4.69, 9.17) is 27.4 Å². The van der Waals surface area contributed by atoms with Gasteiger partial charge in [0, 0.05) is 12.1 Å². The van der Waals surface area contributed by atoms with E-state index in [0.29, 0.717) is 24.0 Å². The summed E-state index contributed by atoms with van der Waals surface area (Å²) in [5.41, 5.74) is 6.47. The van der Waals surface area contributed by atoms with Gasteiger partial charge in [-0.3, -0.25) is 4.90 Å². The van der Waals surface area contributed by atoms with Crippen LogP contribution in [0, 0.1) is 0 Å². The maximum Gasteiger partial charge on any atom is 0.175 e. The van der Waals surface area contributed by atoms with Crippen molar-refractivity contribution in [1.82, 2.24) is 4.90 Å². The van der Waals surface area contributed by atoms with E-state index in [1.165, 1.54) is 32.4 Å². The van der Waals surface area contributed by atoms with Gasteiger partial charge in [-0.2, -0.15) is 0 Å². The molecule has 1 aliphatic rings. The fourth-order valence-corrected chi connectivity index (χ4v) is 3.25. The SMILES string of the molecule is CCOc1cc(C(N)=S)cc(Br)c1OCCN1CCCCC1. The Morgan fingerprint density at radius 1 is 1.27 bits per heavy atom. The van der Waals surface area contributed by atoms with Crippen molar-refractivity contribution in [2.45, 2.75) is 26.2 Å². The minimum absolute atomic E-state index is 0.349. The molecular formula is C16H23BrN2O2S. The monoisotopic (exact) mass is 386 g/mol. The summed E-state index contributed by atoms with van der Waals surface area (Å²) in [5.74, 6) is 1.40. The van der Waals surface area contributed by atoms with Crippen LogP contribution in [0.15, 0.2) is 16.6 Å². The third-order valence-corrected chi connectivity index (χ3v) is 4.52. The van der Waals surface area contributed by atoms with E-state index in [1.54, 1.807) is 0 Å². The summed E-state index contributed by atoms with van der Waals surface area (Å²) >= 11 is 8.56. The smallest absolute Gasteiger partial charge is 0.175 e. The van der Waals surface area contributed by atoms with Crippen LogP contribution in [-0.2, 0) is 0 Å². The van der Waals surface area contributed by atoms with Gasteiger partial charge in [-0.25, -0.2) is 0 Å². The molecule has 1 heterocycles. The Morgan fingerprint density at radius 3 is 2.64 bits per heavy atom. The summed E-state index contributed by atoms with van der Waals surface area (Å²) in [6.07, 6.45) is 3.92. The Balaban J connectivity index is 2.03. The molecule has 0 aliphatic carbocycles. The highest BCUT2D eigenvalue weighted by molar-refractivity contribution is 9.10.